The summed E-state index contributed by atoms with van der Waals surface area (Å²) >= 11 is 5.15. The molecule has 0 aliphatic heterocycles. The first-order chi connectivity index (χ1) is 10.9. The second kappa shape index (κ2) is 7.44. The Bertz CT molecular complexity index is 762. The molecule has 0 atom stereocenters. The van der Waals surface area contributed by atoms with E-state index in [9.17, 15) is 8.42 Å². The average Bonchev–Trinajstić information content (AvgIpc) is 2.54. The highest BCUT2D eigenvalue weighted by atomic mass is 32.2. The van der Waals surface area contributed by atoms with E-state index in [4.69, 9.17) is 12.2 Å². The Labute approximate surface area is 140 Å². The Kier molecular flexibility index (Phi) is 5.59. The highest BCUT2D eigenvalue weighted by Crippen LogP contribution is 2.13. The van der Waals surface area contributed by atoms with E-state index in [-0.39, 0.29) is 4.90 Å². The minimum absolute atomic E-state index is 0.254. The second-order valence-electron chi connectivity index (χ2n) is 4.81. The van der Waals surface area contributed by atoms with Crippen molar-refractivity contribution in [1.82, 2.24) is 19.6 Å². The predicted octanol–water partition coefficient (Wildman–Crippen LogP) is 1.21. The molecule has 122 valence electrons. The lowest BCUT2D eigenvalue weighted by atomic mass is 10.2. The standard InChI is InChI=1S/C14H17N5O2S2/c1-19(2)23(20,21)12-6-4-11(5-7-12)10-17-14(22)18-13-15-8-3-9-16-13/h3-9H,10H2,1-2H3,(H2,15,16,17,18,22). The number of benzene rings is 1. The van der Waals surface area contributed by atoms with Crippen LogP contribution < -0.4 is 10.6 Å². The summed E-state index contributed by atoms with van der Waals surface area (Å²) in [5, 5.41) is 6.26. The van der Waals surface area contributed by atoms with Gasteiger partial charge in [-0.3, -0.25) is 0 Å². The number of hydrogen-bond donors (Lipinski definition) is 2. The van der Waals surface area contributed by atoms with E-state index in [1.807, 2.05) is 0 Å². The van der Waals surface area contributed by atoms with Crippen LogP contribution in [0.15, 0.2) is 47.6 Å². The molecule has 23 heavy (non-hydrogen) atoms. The Morgan fingerprint density at radius 1 is 1.17 bits per heavy atom. The van der Waals surface area contributed by atoms with Gasteiger partial charge in [-0.1, -0.05) is 12.1 Å². The van der Waals surface area contributed by atoms with Crippen molar-refractivity contribution in [2.24, 2.45) is 0 Å². The highest BCUT2D eigenvalue weighted by Gasteiger charge is 2.16. The molecule has 0 fully saturated rings. The van der Waals surface area contributed by atoms with Crippen LogP contribution in [0.2, 0.25) is 0 Å². The molecule has 2 N–H and O–H groups in total. The number of hydrogen-bond acceptors (Lipinski definition) is 5. The fourth-order valence-corrected chi connectivity index (χ4v) is 2.75. The van der Waals surface area contributed by atoms with E-state index in [2.05, 4.69) is 20.6 Å². The minimum atomic E-state index is -3.41. The van der Waals surface area contributed by atoms with Gasteiger partial charge in [-0.05, 0) is 36.0 Å². The molecule has 2 rings (SSSR count). The fraction of sp³-hybridized carbons (Fsp3) is 0.214. The molecule has 0 unspecified atom stereocenters. The second-order valence-corrected chi connectivity index (χ2v) is 7.37. The lowest BCUT2D eigenvalue weighted by molar-refractivity contribution is 0.520. The van der Waals surface area contributed by atoms with Crippen LogP contribution in [0.25, 0.3) is 0 Å². The first-order valence-electron chi connectivity index (χ1n) is 6.73. The Morgan fingerprint density at radius 3 is 2.35 bits per heavy atom. The summed E-state index contributed by atoms with van der Waals surface area (Å²) in [6.07, 6.45) is 3.23. The lowest BCUT2D eigenvalue weighted by Crippen LogP contribution is -2.28. The SMILES string of the molecule is CN(C)S(=O)(=O)c1ccc(CNC(=S)Nc2ncccn2)cc1. The largest absolute Gasteiger partial charge is 0.358 e. The molecule has 0 spiro atoms. The van der Waals surface area contributed by atoms with Crippen molar-refractivity contribution in [2.75, 3.05) is 19.4 Å². The van der Waals surface area contributed by atoms with Gasteiger partial charge in [0.15, 0.2) is 5.11 Å². The monoisotopic (exact) mass is 351 g/mol. The zero-order chi connectivity index (χ0) is 16.9. The molecule has 1 heterocycles. The minimum Gasteiger partial charge on any atom is -0.358 e. The average molecular weight is 351 g/mol. The van der Waals surface area contributed by atoms with Gasteiger partial charge in [0.25, 0.3) is 0 Å². The van der Waals surface area contributed by atoms with Gasteiger partial charge in [0, 0.05) is 33.0 Å². The number of rotatable bonds is 5. The van der Waals surface area contributed by atoms with Crippen LogP contribution in [-0.2, 0) is 16.6 Å². The van der Waals surface area contributed by atoms with Crippen molar-refractivity contribution < 1.29 is 8.42 Å². The molecule has 0 aliphatic rings. The maximum Gasteiger partial charge on any atom is 0.242 e. The molecule has 9 heteroatoms. The molecule has 0 radical (unpaired) electrons. The molecule has 0 aliphatic carbocycles. The predicted molar refractivity (Wildman–Crippen MR) is 92.4 cm³/mol. The summed E-state index contributed by atoms with van der Waals surface area (Å²) in [5.74, 6) is 0.414. The smallest absolute Gasteiger partial charge is 0.242 e. The number of aromatic nitrogens is 2. The van der Waals surface area contributed by atoms with Crippen LogP contribution in [0.4, 0.5) is 5.95 Å². The van der Waals surface area contributed by atoms with Crippen molar-refractivity contribution in [2.45, 2.75) is 11.4 Å². The Morgan fingerprint density at radius 2 is 1.78 bits per heavy atom. The molecule has 0 saturated carbocycles. The fourth-order valence-electron chi connectivity index (χ4n) is 1.68. The summed E-state index contributed by atoms with van der Waals surface area (Å²) in [7, 11) is -0.406. The van der Waals surface area contributed by atoms with Crippen LogP contribution in [-0.4, -0.2) is 41.9 Å². The quantitative estimate of drug-likeness (QED) is 0.783. The number of sulfonamides is 1. The van der Waals surface area contributed by atoms with Gasteiger partial charge in [-0.25, -0.2) is 22.7 Å². The number of anilines is 1. The van der Waals surface area contributed by atoms with Crippen LogP contribution >= 0.6 is 12.2 Å². The molecule has 0 amide bonds. The number of nitrogens with one attached hydrogen (secondary N) is 2. The summed E-state index contributed by atoms with van der Waals surface area (Å²) in [6.45, 7) is 0.459. The maximum atomic E-state index is 12.0. The third-order valence-electron chi connectivity index (χ3n) is 2.95. The summed E-state index contributed by atoms with van der Waals surface area (Å²) in [5.41, 5.74) is 0.904. The van der Waals surface area contributed by atoms with E-state index in [1.54, 1.807) is 42.7 Å². The van der Waals surface area contributed by atoms with Crippen LogP contribution in [0, 0.1) is 0 Å². The lowest BCUT2D eigenvalue weighted by Gasteiger charge is -2.12. The third kappa shape index (κ3) is 4.68. The van der Waals surface area contributed by atoms with Crippen molar-refractivity contribution in [3.63, 3.8) is 0 Å². The third-order valence-corrected chi connectivity index (χ3v) is 5.02. The highest BCUT2D eigenvalue weighted by molar-refractivity contribution is 7.89. The molecule has 2 aromatic rings. The van der Waals surface area contributed by atoms with E-state index >= 15 is 0 Å². The van der Waals surface area contributed by atoms with E-state index in [1.165, 1.54) is 18.4 Å². The van der Waals surface area contributed by atoms with Gasteiger partial charge >= 0.3 is 0 Å². The van der Waals surface area contributed by atoms with Crippen LogP contribution in [0.3, 0.4) is 0 Å². The molecule has 0 bridgehead atoms. The Hall–Kier alpha value is -2.10. The summed E-state index contributed by atoms with van der Waals surface area (Å²) < 4.78 is 25.1. The van der Waals surface area contributed by atoms with Crippen LogP contribution in [0.1, 0.15) is 5.56 Å². The van der Waals surface area contributed by atoms with Gasteiger partial charge in [0.05, 0.1) is 4.90 Å². The molecule has 1 aromatic carbocycles. The summed E-state index contributed by atoms with van der Waals surface area (Å²) in [6, 6.07) is 8.34. The topological polar surface area (TPSA) is 87.2 Å². The number of nitrogens with zero attached hydrogens (tertiary/aromatic N) is 3. The van der Waals surface area contributed by atoms with E-state index in [0.717, 1.165) is 5.56 Å². The van der Waals surface area contributed by atoms with Crippen molar-refractivity contribution in [3.8, 4) is 0 Å². The van der Waals surface area contributed by atoms with E-state index in [0.29, 0.717) is 17.6 Å². The van der Waals surface area contributed by atoms with Gasteiger partial charge in [-0.15, -0.1) is 0 Å². The molecular formula is C14H17N5O2S2. The summed E-state index contributed by atoms with van der Waals surface area (Å²) in [4.78, 5) is 8.27. The van der Waals surface area contributed by atoms with E-state index < -0.39 is 10.0 Å². The number of thiocarbonyl (C=S) groups is 1. The normalized spacial score (nSPS) is 11.3. The molecular weight excluding hydrogens is 334 g/mol. The molecule has 7 nitrogen and oxygen atoms in total. The van der Waals surface area contributed by atoms with Crippen LogP contribution in [0.5, 0.6) is 0 Å². The molecule has 0 saturated heterocycles. The van der Waals surface area contributed by atoms with Crippen molar-refractivity contribution in [1.29, 1.82) is 0 Å². The van der Waals surface area contributed by atoms with Gasteiger partial charge < -0.3 is 10.6 Å². The van der Waals surface area contributed by atoms with Gasteiger partial charge in [0.1, 0.15) is 0 Å². The zero-order valence-corrected chi connectivity index (χ0v) is 14.4. The first kappa shape index (κ1) is 17.3. The first-order valence-corrected chi connectivity index (χ1v) is 8.58. The van der Waals surface area contributed by atoms with Crippen molar-refractivity contribution >= 4 is 33.3 Å². The Balaban J connectivity index is 1.93. The van der Waals surface area contributed by atoms with Gasteiger partial charge in [0.2, 0.25) is 16.0 Å². The zero-order valence-electron chi connectivity index (χ0n) is 12.7. The van der Waals surface area contributed by atoms with Gasteiger partial charge in [-0.2, -0.15) is 0 Å². The molecule has 1 aromatic heterocycles. The van der Waals surface area contributed by atoms with Crippen molar-refractivity contribution in [3.05, 3.63) is 48.3 Å². The maximum absolute atomic E-state index is 12.0.